The maximum absolute atomic E-state index is 12.0. The van der Waals surface area contributed by atoms with Gasteiger partial charge in [0, 0.05) is 19.0 Å². The van der Waals surface area contributed by atoms with Crippen LogP contribution < -0.4 is 10.6 Å². The Morgan fingerprint density at radius 3 is 2.71 bits per heavy atom. The van der Waals surface area contributed by atoms with E-state index in [1.54, 1.807) is 0 Å². The van der Waals surface area contributed by atoms with Crippen LogP contribution >= 0.6 is 0 Å². The quantitative estimate of drug-likeness (QED) is 0.737. The molecule has 0 aromatic carbocycles. The van der Waals surface area contributed by atoms with Crippen LogP contribution in [-0.2, 0) is 4.79 Å². The minimum atomic E-state index is 0.275. The summed E-state index contributed by atoms with van der Waals surface area (Å²) >= 11 is 0. The molecule has 4 aliphatic heterocycles. The normalized spacial score (nSPS) is 40.5. The number of nitrogens with zero attached hydrogens (tertiary/aromatic N) is 1. The number of hydrogen-bond donors (Lipinski definition) is 2. The number of rotatable bonds is 3. The molecule has 0 aliphatic carbocycles. The zero-order valence-corrected chi connectivity index (χ0v) is 10.5. The lowest BCUT2D eigenvalue weighted by Crippen LogP contribution is -2.57. The molecule has 17 heavy (non-hydrogen) atoms. The predicted octanol–water partition coefficient (Wildman–Crippen LogP) is 0.196. The number of fused-ring (bicyclic) bond motifs is 3. The molecule has 0 aromatic heterocycles. The molecule has 0 saturated carbocycles. The molecule has 4 heterocycles. The first-order valence-corrected chi connectivity index (χ1v) is 7.03. The molecule has 4 aliphatic rings. The molecule has 4 heteroatoms. The molecule has 2 atom stereocenters. The van der Waals surface area contributed by atoms with E-state index in [9.17, 15) is 4.79 Å². The van der Waals surface area contributed by atoms with Crippen molar-refractivity contribution in [2.24, 2.45) is 11.8 Å². The van der Waals surface area contributed by atoms with Gasteiger partial charge in [-0.25, -0.2) is 0 Å². The second kappa shape index (κ2) is 4.94. The monoisotopic (exact) mass is 237 g/mol. The lowest BCUT2D eigenvalue weighted by molar-refractivity contribution is -0.124. The molecular formula is C13H23N3O. The van der Waals surface area contributed by atoms with Crippen molar-refractivity contribution in [1.29, 1.82) is 0 Å². The maximum Gasteiger partial charge on any atom is 0.220 e. The van der Waals surface area contributed by atoms with E-state index < -0.39 is 0 Å². The van der Waals surface area contributed by atoms with Crippen LogP contribution in [0.4, 0.5) is 0 Å². The Balaban J connectivity index is 1.47. The summed E-state index contributed by atoms with van der Waals surface area (Å²) in [6.07, 6.45) is 4.43. The van der Waals surface area contributed by atoms with Gasteiger partial charge >= 0.3 is 0 Å². The summed E-state index contributed by atoms with van der Waals surface area (Å²) in [6.45, 7) is 5.66. The van der Waals surface area contributed by atoms with Crippen molar-refractivity contribution in [1.82, 2.24) is 15.5 Å². The van der Waals surface area contributed by atoms with E-state index in [1.165, 1.54) is 25.9 Å². The highest BCUT2D eigenvalue weighted by Crippen LogP contribution is 2.27. The second-order valence-corrected chi connectivity index (χ2v) is 5.87. The van der Waals surface area contributed by atoms with Crippen LogP contribution in [0.5, 0.6) is 0 Å². The van der Waals surface area contributed by atoms with Gasteiger partial charge in [-0.15, -0.1) is 0 Å². The molecule has 0 radical (unpaired) electrons. The minimum Gasteiger partial charge on any atom is -0.352 e. The highest BCUT2D eigenvalue weighted by atomic mass is 16.1. The fraction of sp³-hybridized carbons (Fsp3) is 0.923. The molecule has 1 amide bonds. The molecule has 2 unspecified atom stereocenters. The van der Waals surface area contributed by atoms with Crippen molar-refractivity contribution < 1.29 is 4.79 Å². The zero-order chi connectivity index (χ0) is 11.7. The van der Waals surface area contributed by atoms with Crippen molar-refractivity contribution in [2.75, 3.05) is 32.7 Å². The topological polar surface area (TPSA) is 44.4 Å². The van der Waals surface area contributed by atoms with Gasteiger partial charge in [0.05, 0.1) is 0 Å². The van der Waals surface area contributed by atoms with Gasteiger partial charge in [0.15, 0.2) is 0 Å². The zero-order valence-electron chi connectivity index (χ0n) is 10.5. The summed E-state index contributed by atoms with van der Waals surface area (Å²) < 4.78 is 0. The minimum absolute atomic E-state index is 0.275. The van der Waals surface area contributed by atoms with Crippen LogP contribution in [0.15, 0.2) is 0 Å². The van der Waals surface area contributed by atoms with Crippen molar-refractivity contribution in [2.45, 2.75) is 31.7 Å². The Kier molecular flexibility index (Phi) is 3.34. The highest BCUT2D eigenvalue weighted by Gasteiger charge is 2.35. The maximum atomic E-state index is 12.0. The van der Waals surface area contributed by atoms with E-state index >= 15 is 0 Å². The first-order chi connectivity index (χ1) is 8.31. The van der Waals surface area contributed by atoms with Gasteiger partial charge in [-0.3, -0.25) is 4.79 Å². The van der Waals surface area contributed by atoms with Gasteiger partial charge in [0.2, 0.25) is 5.91 Å². The molecular weight excluding hydrogens is 214 g/mol. The average molecular weight is 237 g/mol. The number of carbonyl (C=O) groups excluding carboxylic acids is 1. The summed E-state index contributed by atoms with van der Waals surface area (Å²) in [5, 5.41) is 6.59. The van der Waals surface area contributed by atoms with Gasteiger partial charge in [-0.05, 0) is 57.3 Å². The highest BCUT2D eigenvalue weighted by molar-refractivity contribution is 5.76. The third-order valence-corrected chi connectivity index (χ3v) is 4.64. The smallest absolute Gasteiger partial charge is 0.220 e. The SMILES string of the molecule is O=C(CC1CCNC1)NC1CN2CCC1CC2. The number of hydrogen-bond acceptors (Lipinski definition) is 3. The Labute approximate surface area is 103 Å². The first-order valence-electron chi connectivity index (χ1n) is 7.03. The van der Waals surface area contributed by atoms with Gasteiger partial charge in [0.1, 0.15) is 0 Å². The van der Waals surface area contributed by atoms with E-state index in [-0.39, 0.29) is 5.91 Å². The molecule has 0 aromatic rings. The Morgan fingerprint density at radius 1 is 1.29 bits per heavy atom. The third-order valence-electron chi connectivity index (χ3n) is 4.64. The van der Waals surface area contributed by atoms with Crippen LogP contribution in [0.1, 0.15) is 25.7 Å². The van der Waals surface area contributed by atoms with E-state index in [1.807, 2.05) is 0 Å². The van der Waals surface area contributed by atoms with Gasteiger partial charge in [-0.1, -0.05) is 0 Å². The van der Waals surface area contributed by atoms with Crippen LogP contribution in [0.2, 0.25) is 0 Å². The fourth-order valence-electron chi connectivity index (χ4n) is 3.55. The summed E-state index contributed by atoms with van der Waals surface area (Å²) in [4.78, 5) is 14.5. The summed E-state index contributed by atoms with van der Waals surface area (Å²) in [5.41, 5.74) is 0. The average Bonchev–Trinajstić information content (AvgIpc) is 2.83. The molecule has 96 valence electrons. The van der Waals surface area contributed by atoms with Gasteiger partial charge < -0.3 is 15.5 Å². The number of nitrogens with one attached hydrogen (secondary N) is 2. The Morgan fingerprint density at radius 2 is 2.12 bits per heavy atom. The summed E-state index contributed by atoms with van der Waals surface area (Å²) in [7, 11) is 0. The van der Waals surface area contributed by atoms with Crippen molar-refractivity contribution in [3.8, 4) is 0 Å². The third kappa shape index (κ3) is 2.63. The molecule has 4 nitrogen and oxygen atoms in total. The summed E-state index contributed by atoms with van der Waals surface area (Å²) in [5.74, 6) is 1.58. The van der Waals surface area contributed by atoms with Crippen LogP contribution in [-0.4, -0.2) is 49.6 Å². The van der Waals surface area contributed by atoms with Crippen molar-refractivity contribution >= 4 is 5.91 Å². The van der Waals surface area contributed by atoms with Crippen LogP contribution in [0, 0.1) is 11.8 Å². The number of carbonyl (C=O) groups is 1. The molecule has 4 rings (SSSR count). The molecule has 4 fully saturated rings. The van der Waals surface area contributed by atoms with Gasteiger partial charge in [-0.2, -0.15) is 0 Å². The van der Waals surface area contributed by atoms with Crippen molar-refractivity contribution in [3.63, 3.8) is 0 Å². The van der Waals surface area contributed by atoms with E-state index in [0.717, 1.165) is 38.4 Å². The number of amides is 1. The second-order valence-electron chi connectivity index (χ2n) is 5.87. The fourth-order valence-corrected chi connectivity index (χ4v) is 3.55. The molecule has 2 bridgehead atoms. The van der Waals surface area contributed by atoms with E-state index in [2.05, 4.69) is 15.5 Å². The largest absolute Gasteiger partial charge is 0.352 e. The standard InChI is InChI=1S/C13H23N3O/c17-13(7-10-1-4-14-8-10)15-12-9-16-5-2-11(12)3-6-16/h10-12,14H,1-9H2,(H,15,17). The van der Waals surface area contributed by atoms with Crippen molar-refractivity contribution in [3.05, 3.63) is 0 Å². The molecule has 2 N–H and O–H groups in total. The summed E-state index contributed by atoms with van der Waals surface area (Å²) in [6, 6.07) is 0.430. The predicted molar refractivity (Wildman–Crippen MR) is 66.7 cm³/mol. The molecule has 4 saturated heterocycles. The molecule has 0 spiro atoms. The Bertz CT molecular complexity index is 280. The first kappa shape index (κ1) is 11.5. The lowest BCUT2D eigenvalue weighted by Gasteiger charge is -2.45. The van der Waals surface area contributed by atoms with Gasteiger partial charge in [0.25, 0.3) is 0 Å². The van der Waals surface area contributed by atoms with Crippen LogP contribution in [0.25, 0.3) is 0 Å². The van der Waals surface area contributed by atoms with Crippen LogP contribution in [0.3, 0.4) is 0 Å². The van der Waals surface area contributed by atoms with E-state index in [4.69, 9.17) is 0 Å². The van der Waals surface area contributed by atoms with E-state index in [0.29, 0.717) is 12.0 Å². The Hall–Kier alpha value is -0.610. The lowest BCUT2D eigenvalue weighted by atomic mass is 9.84. The number of piperidine rings is 3.